The van der Waals surface area contributed by atoms with Crippen LogP contribution in [0.3, 0.4) is 0 Å². The fourth-order valence-corrected chi connectivity index (χ4v) is 4.20. The predicted molar refractivity (Wildman–Crippen MR) is 105 cm³/mol. The Morgan fingerprint density at radius 1 is 1.21 bits per heavy atom. The summed E-state index contributed by atoms with van der Waals surface area (Å²) < 4.78 is 13.2. The maximum absolute atomic E-state index is 13.2. The van der Waals surface area contributed by atoms with Crippen molar-refractivity contribution in [2.75, 3.05) is 13.1 Å². The number of nitrogens with one attached hydrogen (secondary N) is 1. The number of benzene rings is 2. The highest BCUT2D eigenvalue weighted by atomic mass is 19.1. The Morgan fingerprint density at radius 2 is 1.86 bits per heavy atom. The molecule has 1 heterocycles. The van der Waals surface area contributed by atoms with Gasteiger partial charge in [0.2, 0.25) is 0 Å². The van der Waals surface area contributed by atoms with Crippen LogP contribution in [0.4, 0.5) is 9.18 Å². The average molecular weight is 381 g/mol. The smallest absolute Gasteiger partial charge is 0.408 e. The Kier molecular flexibility index (Phi) is 5.14. The van der Waals surface area contributed by atoms with Gasteiger partial charge in [0.05, 0.1) is 17.2 Å². The molecule has 1 amide bonds. The van der Waals surface area contributed by atoms with Crippen molar-refractivity contribution in [1.82, 2.24) is 10.2 Å². The standard InChI is InChI=1S/C22H24FN3O2/c1-21(2,3)26(20(27)28)22(10-11-25-14-22)19-9-6-16(12-17(19)13-24)15-4-7-18(23)8-5-15/h4-9,12,25H,10-11,14H2,1-3H3,(H,27,28)/t22-/m1/s1. The molecular weight excluding hydrogens is 357 g/mol. The van der Waals surface area contributed by atoms with Crippen molar-refractivity contribution in [2.45, 2.75) is 38.3 Å². The van der Waals surface area contributed by atoms with Gasteiger partial charge in [-0.05, 0) is 68.6 Å². The molecule has 1 saturated heterocycles. The number of hydrogen-bond donors (Lipinski definition) is 2. The van der Waals surface area contributed by atoms with Crippen molar-refractivity contribution in [3.05, 3.63) is 59.4 Å². The second-order valence-electron chi connectivity index (χ2n) is 8.13. The SMILES string of the molecule is CC(C)(C)N(C(=O)O)[C@]1(c2ccc(-c3ccc(F)cc3)cc2C#N)CCNC1. The van der Waals surface area contributed by atoms with Crippen molar-refractivity contribution in [1.29, 1.82) is 5.26 Å². The van der Waals surface area contributed by atoms with E-state index in [1.165, 1.54) is 17.0 Å². The van der Waals surface area contributed by atoms with Gasteiger partial charge in [-0.3, -0.25) is 4.90 Å². The first-order chi connectivity index (χ1) is 13.2. The van der Waals surface area contributed by atoms with Crippen LogP contribution in [0.15, 0.2) is 42.5 Å². The molecule has 6 heteroatoms. The lowest BCUT2D eigenvalue weighted by molar-refractivity contribution is 0.0223. The molecule has 2 aromatic carbocycles. The van der Waals surface area contributed by atoms with E-state index in [1.54, 1.807) is 18.2 Å². The number of carboxylic acid groups (broad SMARTS) is 1. The molecule has 0 spiro atoms. The first-order valence-electron chi connectivity index (χ1n) is 9.23. The highest BCUT2D eigenvalue weighted by Gasteiger charge is 2.49. The van der Waals surface area contributed by atoms with Gasteiger partial charge in [-0.2, -0.15) is 5.26 Å². The van der Waals surface area contributed by atoms with E-state index in [1.807, 2.05) is 32.9 Å². The molecule has 28 heavy (non-hydrogen) atoms. The normalized spacial score (nSPS) is 19.2. The lowest BCUT2D eigenvalue weighted by atomic mass is 9.80. The van der Waals surface area contributed by atoms with E-state index in [9.17, 15) is 19.6 Å². The topological polar surface area (TPSA) is 76.4 Å². The van der Waals surface area contributed by atoms with Crippen LogP contribution in [0, 0.1) is 17.1 Å². The Hall–Kier alpha value is -2.91. The number of nitriles is 1. The van der Waals surface area contributed by atoms with E-state index in [4.69, 9.17) is 0 Å². The summed E-state index contributed by atoms with van der Waals surface area (Å²) in [5.41, 5.74) is 1.26. The van der Waals surface area contributed by atoms with Gasteiger partial charge in [0.1, 0.15) is 5.82 Å². The Labute approximate surface area is 164 Å². The zero-order valence-electron chi connectivity index (χ0n) is 16.3. The average Bonchev–Trinajstić information content (AvgIpc) is 3.10. The zero-order valence-corrected chi connectivity index (χ0v) is 16.3. The van der Waals surface area contributed by atoms with E-state index >= 15 is 0 Å². The van der Waals surface area contributed by atoms with Crippen LogP contribution < -0.4 is 5.32 Å². The van der Waals surface area contributed by atoms with Gasteiger partial charge in [-0.15, -0.1) is 0 Å². The molecule has 0 aliphatic carbocycles. The minimum atomic E-state index is -1.01. The van der Waals surface area contributed by atoms with Gasteiger partial charge in [-0.1, -0.05) is 24.3 Å². The number of rotatable bonds is 3. The fourth-order valence-electron chi connectivity index (χ4n) is 4.20. The molecule has 1 fully saturated rings. The van der Waals surface area contributed by atoms with Crippen LogP contribution in [0.5, 0.6) is 0 Å². The lowest BCUT2D eigenvalue weighted by Gasteiger charge is -2.47. The summed E-state index contributed by atoms with van der Waals surface area (Å²) in [6.45, 7) is 6.70. The van der Waals surface area contributed by atoms with E-state index in [-0.39, 0.29) is 5.82 Å². The third kappa shape index (κ3) is 3.46. The molecule has 1 aliphatic heterocycles. The zero-order chi connectivity index (χ0) is 20.5. The van der Waals surface area contributed by atoms with Crippen molar-refractivity contribution < 1.29 is 14.3 Å². The number of carbonyl (C=O) groups is 1. The maximum Gasteiger partial charge on any atom is 0.408 e. The molecule has 5 nitrogen and oxygen atoms in total. The number of amides is 1. The molecule has 2 aromatic rings. The third-order valence-corrected chi connectivity index (χ3v) is 5.24. The molecule has 0 bridgehead atoms. The van der Waals surface area contributed by atoms with Crippen LogP contribution in [0.2, 0.25) is 0 Å². The molecule has 2 N–H and O–H groups in total. The molecular formula is C22H24FN3O2. The first-order valence-corrected chi connectivity index (χ1v) is 9.23. The summed E-state index contributed by atoms with van der Waals surface area (Å²) in [5, 5.41) is 23.1. The van der Waals surface area contributed by atoms with Gasteiger partial charge >= 0.3 is 6.09 Å². The summed E-state index contributed by atoms with van der Waals surface area (Å²) >= 11 is 0. The monoisotopic (exact) mass is 381 g/mol. The van der Waals surface area contributed by atoms with Gasteiger partial charge in [0, 0.05) is 12.1 Å². The minimum absolute atomic E-state index is 0.320. The highest BCUT2D eigenvalue weighted by Crippen LogP contribution is 2.41. The molecule has 146 valence electrons. The summed E-state index contributed by atoms with van der Waals surface area (Å²) in [6.07, 6.45) is -0.427. The van der Waals surface area contributed by atoms with Crippen molar-refractivity contribution >= 4 is 6.09 Å². The lowest BCUT2D eigenvalue weighted by Crippen LogP contribution is -2.58. The number of nitrogens with zero attached hydrogens (tertiary/aromatic N) is 2. The molecule has 1 atom stereocenters. The van der Waals surface area contributed by atoms with Crippen LogP contribution in [-0.4, -0.2) is 34.7 Å². The van der Waals surface area contributed by atoms with Gasteiger partial charge in [0.25, 0.3) is 0 Å². The van der Waals surface area contributed by atoms with Crippen LogP contribution in [0.25, 0.3) is 11.1 Å². The summed E-state index contributed by atoms with van der Waals surface area (Å²) in [6, 6.07) is 13.8. The quantitative estimate of drug-likeness (QED) is 0.830. The second-order valence-corrected chi connectivity index (χ2v) is 8.13. The predicted octanol–water partition coefficient (Wildman–Crippen LogP) is 4.33. The summed E-state index contributed by atoms with van der Waals surface area (Å²) in [7, 11) is 0. The van der Waals surface area contributed by atoms with Gasteiger partial charge < -0.3 is 10.4 Å². The summed E-state index contributed by atoms with van der Waals surface area (Å²) in [4.78, 5) is 13.7. The molecule has 1 aliphatic rings. The summed E-state index contributed by atoms with van der Waals surface area (Å²) in [5.74, 6) is -0.320. The third-order valence-electron chi connectivity index (χ3n) is 5.24. The maximum atomic E-state index is 13.2. The van der Waals surface area contributed by atoms with Crippen LogP contribution in [0.1, 0.15) is 38.3 Å². The fraction of sp³-hybridized carbons (Fsp3) is 0.364. The van der Waals surface area contributed by atoms with Gasteiger partial charge in [0.15, 0.2) is 0 Å². The first kappa shape index (κ1) is 19.8. The number of hydrogen-bond acceptors (Lipinski definition) is 3. The molecule has 0 aromatic heterocycles. The minimum Gasteiger partial charge on any atom is -0.465 e. The molecule has 0 unspecified atom stereocenters. The van der Waals surface area contributed by atoms with E-state index in [0.29, 0.717) is 30.6 Å². The van der Waals surface area contributed by atoms with Crippen molar-refractivity contribution in [3.63, 3.8) is 0 Å². The second kappa shape index (κ2) is 7.25. The van der Waals surface area contributed by atoms with Crippen molar-refractivity contribution in [2.24, 2.45) is 0 Å². The van der Waals surface area contributed by atoms with E-state index < -0.39 is 17.2 Å². The molecule has 3 rings (SSSR count). The molecule has 0 radical (unpaired) electrons. The Balaban J connectivity index is 2.15. The van der Waals surface area contributed by atoms with Gasteiger partial charge in [-0.25, -0.2) is 9.18 Å². The van der Waals surface area contributed by atoms with Crippen LogP contribution >= 0.6 is 0 Å². The molecule has 0 saturated carbocycles. The van der Waals surface area contributed by atoms with E-state index in [0.717, 1.165) is 11.1 Å². The Bertz CT molecular complexity index is 920. The highest BCUT2D eigenvalue weighted by molar-refractivity contribution is 5.70. The van der Waals surface area contributed by atoms with Crippen molar-refractivity contribution in [3.8, 4) is 17.2 Å². The van der Waals surface area contributed by atoms with E-state index in [2.05, 4.69) is 11.4 Å². The van der Waals surface area contributed by atoms with Crippen LogP contribution in [-0.2, 0) is 5.54 Å². The largest absolute Gasteiger partial charge is 0.465 e. The number of halogens is 1. The Morgan fingerprint density at radius 3 is 2.36 bits per heavy atom.